The standard InChI is InChI=1S/C21H29N5O4/c27-20(16-3-1-4-16)25-13-11-23(12-14-25)18-6-5-17(15-19(18)26(29)30)21(28)24-9-2-7-22-8-10-24/h5-6,15-16,22H,1-4,7-14H2. The number of carbonyl (C=O) groups excluding carboxylic acids is 2. The third-order valence-corrected chi connectivity index (χ3v) is 6.43. The topological polar surface area (TPSA) is 99.0 Å². The fourth-order valence-electron chi connectivity index (χ4n) is 4.38. The average molecular weight is 415 g/mol. The summed E-state index contributed by atoms with van der Waals surface area (Å²) in [5.74, 6) is 0.234. The van der Waals surface area contributed by atoms with Crippen molar-refractivity contribution in [1.82, 2.24) is 15.1 Å². The maximum Gasteiger partial charge on any atom is 0.293 e. The van der Waals surface area contributed by atoms with E-state index in [1.165, 1.54) is 6.07 Å². The van der Waals surface area contributed by atoms with Gasteiger partial charge in [0.25, 0.3) is 11.6 Å². The molecule has 9 heteroatoms. The van der Waals surface area contributed by atoms with Gasteiger partial charge < -0.3 is 20.0 Å². The number of nitro benzene ring substituents is 1. The molecule has 1 aliphatic carbocycles. The second-order valence-corrected chi connectivity index (χ2v) is 8.30. The molecule has 1 aromatic rings. The molecule has 1 saturated carbocycles. The van der Waals surface area contributed by atoms with Crippen molar-refractivity contribution < 1.29 is 14.5 Å². The van der Waals surface area contributed by atoms with Crippen LogP contribution in [-0.2, 0) is 4.79 Å². The highest BCUT2D eigenvalue weighted by molar-refractivity contribution is 5.96. The van der Waals surface area contributed by atoms with Crippen molar-refractivity contribution >= 4 is 23.2 Å². The van der Waals surface area contributed by atoms with Gasteiger partial charge in [0, 0.05) is 63.4 Å². The molecule has 0 aromatic heterocycles. The van der Waals surface area contributed by atoms with Gasteiger partial charge in [0.15, 0.2) is 0 Å². The quantitative estimate of drug-likeness (QED) is 0.591. The van der Waals surface area contributed by atoms with Crippen molar-refractivity contribution in [1.29, 1.82) is 0 Å². The maximum atomic E-state index is 12.8. The first-order valence-electron chi connectivity index (χ1n) is 10.9. The minimum absolute atomic E-state index is 0.0485. The Morgan fingerprint density at radius 2 is 1.73 bits per heavy atom. The summed E-state index contributed by atoms with van der Waals surface area (Å²) in [4.78, 5) is 42.2. The first-order chi connectivity index (χ1) is 14.5. The summed E-state index contributed by atoms with van der Waals surface area (Å²) in [5.41, 5.74) is 0.823. The Bertz CT molecular complexity index is 810. The van der Waals surface area contributed by atoms with E-state index in [9.17, 15) is 19.7 Å². The lowest BCUT2D eigenvalue weighted by Crippen LogP contribution is -2.51. The Hall–Kier alpha value is -2.68. The molecule has 2 heterocycles. The van der Waals surface area contributed by atoms with Crippen LogP contribution in [0.4, 0.5) is 11.4 Å². The molecule has 0 unspecified atom stereocenters. The largest absolute Gasteiger partial charge is 0.362 e. The van der Waals surface area contributed by atoms with Crippen LogP contribution in [0.5, 0.6) is 0 Å². The van der Waals surface area contributed by atoms with Gasteiger partial charge >= 0.3 is 0 Å². The van der Waals surface area contributed by atoms with E-state index < -0.39 is 4.92 Å². The minimum Gasteiger partial charge on any atom is -0.362 e. The van der Waals surface area contributed by atoms with Crippen LogP contribution in [0.1, 0.15) is 36.0 Å². The molecule has 30 heavy (non-hydrogen) atoms. The van der Waals surface area contributed by atoms with Gasteiger partial charge in [0.2, 0.25) is 5.91 Å². The molecular formula is C21H29N5O4. The second-order valence-electron chi connectivity index (χ2n) is 8.30. The number of rotatable bonds is 4. The molecule has 0 radical (unpaired) electrons. The van der Waals surface area contributed by atoms with Crippen LogP contribution in [-0.4, -0.2) is 78.9 Å². The zero-order valence-corrected chi connectivity index (χ0v) is 17.2. The number of amides is 2. The maximum absolute atomic E-state index is 12.8. The van der Waals surface area contributed by atoms with E-state index in [1.54, 1.807) is 17.0 Å². The number of nitrogens with zero attached hydrogens (tertiary/aromatic N) is 4. The first-order valence-corrected chi connectivity index (χ1v) is 10.9. The summed E-state index contributed by atoms with van der Waals surface area (Å²) >= 11 is 0. The number of carbonyl (C=O) groups is 2. The molecule has 1 aromatic carbocycles. The number of nitrogens with one attached hydrogen (secondary N) is 1. The SMILES string of the molecule is O=C(c1ccc(N2CCN(C(=O)C3CCC3)CC2)c([N+](=O)[O-])c1)N1CCCNCC1. The Morgan fingerprint density at radius 1 is 0.967 bits per heavy atom. The molecule has 2 saturated heterocycles. The number of benzene rings is 1. The van der Waals surface area contributed by atoms with Crippen LogP contribution in [0.3, 0.4) is 0 Å². The summed E-state index contributed by atoms with van der Waals surface area (Å²) in [6.07, 6.45) is 3.96. The summed E-state index contributed by atoms with van der Waals surface area (Å²) in [6.45, 7) is 5.13. The molecule has 3 fully saturated rings. The third kappa shape index (κ3) is 4.26. The average Bonchev–Trinajstić information content (AvgIpc) is 3.01. The molecule has 4 rings (SSSR count). The van der Waals surface area contributed by atoms with Crippen molar-refractivity contribution in [2.75, 3.05) is 57.3 Å². The van der Waals surface area contributed by atoms with Crippen molar-refractivity contribution in [3.63, 3.8) is 0 Å². The van der Waals surface area contributed by atoms with E-state index >= 15 is 0 Å². The smallest absolute Gasteiger partial charge is 0.293 e. The van der Waals surface area contributed by atoms with Crippen LogP contribution < -0.4 is 10.2 Å². The zero-order valence-electron chi connectivity index (χ0n) is 17.2. The lowest BCUT2D eigenvalue weighted by molar-refractivity contribution is -0.384. The van der Waals surface area contributed by atoms with Crippen LogP contribution >= 0.6 is 0 Å². The van der Waals surface area contributed by atoms with E-state index in [0.717, 1.165) is 38.8 Å². The highest BCUT2D eigenvalue weighted by Crippen LogP contribution is 2.32. The third-order valence-electron chi connectivity index (χ3n) is 6.43. The second kappa shape index (κ2) is 8.99. The predicted octanol–water partition coefficient (Wildman–Crippen LogP) is 1.48. The van der Waals surface area contributed by atoms with Gasteiger partial charge in [-0.05, 0) is 37.9 Å². The molecule has 2 aliphatic heterocycles. The molecular weight excluding hydrogens is 386 g/mol. The van der Waals surface area contributed by atoms with Crippen molar-refractivity contribution in [3.05, 3.63) is 33.9 Å². The normalized spacial score (nSPS) is 20.5. The fourth-order valence-corrected chi connectivity index (χ4v) is 4.38. The monoisotopic (exact) mass is 415 g/mol. The van der Waals surface area contributed by atoms with E-state index in [-0.39, 0.29) is 23.4 Å². The van der Waals surface area contributed by atoms with Crippen LogP contribution in [0.2, 0.25) is 0 Å². The van der Waals surface area contributed by atoms with E-state index in [2.05, 4.69) is 5.32 Å². The van der Waals surface area contributed by atoms with Gasteiger partial charge in [-0.25, -0.2) is 0 Å². The van der Waals surface area contributed by atoms with Gasteiger partial charge in [0.05, 0.1) is 4.92 Å². The van der Waals surface area contributed by atoms with Gasteiger partial charge in [-0.1, -0.05) is 6.42 Å². The molecule has 162 valence electrons. The Balaban J connectivity index is 1.46. The zero-order chi connectivity index (χ0) is 21.1. The fraction of sp³-hybridized carbons (Fsp3) is 0.619. The van der Waals surface area contributed by atoms with E-state index in [0.29, 0.717) is 50.5 Å². The van der Waals surface area contributed by atoms with Crippen LogP contribution in [0.15, 0.2) is 18.2 Å². The highest BCUT2D eigenvalue weighted by Gasteiger charge is 2.32. The molecule has 0 atom stereocenters. The Morgan fingerprint density at radius 3 is 2.40 bits per heavy atom. The predicted molar refractivity (Wildman–Crippen MR) is 113 cm³/mol. The molecule has 2 amide bonds. The van der Waals surface area contributed by atoms with Crippen molar-refractivity contribution in [2.45, 2.75) is 25.7 Å². The van der Waals surface area contributed by atoms with Crippen LogP contribution in [0.25, 0.3) is 0 Å². The molecule has 1 N–H and O–H groups in total. The van der Waals surface area contributed by atoms with Gasteiger partial charge in [-0.3, -0.25) is 19.7 Å². The highest BCUT2D eigenvalue weighted by atomic mass is 16.6. The van der Waals surface area contributed by atoms with Crippen LogP contribution in [0, 0.1) is 16.0 Å². The number of piperazine rings is 1. The Labute approximate surface area is 176 Å². The molecule has 0 bridgehead atoms. The molecule has 0 spiro atoms. The van der Waals surface area contributed by atoms with Crippen molar-refractivity contribution in [2.24, 2.45) is 5.92 Å². The van der Waals surface area contributed by atoms with E-state index in [1.807, 2.05) is 9.80 Å². The number of hydrogen-bond acceptors (Lipinski definition) is 6. The van der Waals surface area contributed by atoms with Gasteiger partial charge in [-0.15, -0.1) is 0 Å². The minimum atomic E-state index is -0.415. The summed E-state index contributed by atoms with van der Waals surface area (Å²) in [7, 11) is 0. The number of anilines is 1. The summed E-state index contributed by atoms with van der Waals surface area (Å²) < 4.78 is 0. The van der Waals surface area contributed by atoms with Gasteiger partial charge in [-0.2, -0.15) is 0 Å². The van der Waals surface area contributed by atoms with Crippen molar-refractivity contribution in [3.8, 4) is 0 Å². The molecule has 9 nitrogen and oxygen atoms in total. The van der Waals surface area contributed by atoms with Gasteiger partial charge in [0.1, 0.15) is 5.69 Å². The lowest BCUT2D eigenvalue weighted by atomic mass is 9.84. The number of nitro groups is 1. The molecule has 3 aliphatic rings. The summed E-state index contributed by atoms with van der Waals surface area (Å²) in [6, 6.07) is 4.78. The first kappa shape index (κ1) is 20.6. The number of hydrogen-bond donors (Lipinski definition) is 1. The van der Waals surface area contributed by atoms with E-state index in [4.69, 9.17) is 0 Å². The summed E-state index contributed by atoms with van der Waals surface area (Å²) in [5, 5.41) is 15.0. The Kier molecular flexibility index (Phi) is 6.17. The lowest BCUT2D eigenvalue weighted by Gasteiger charge is -2.39.